The van der Waals surface area contributed by atoms with Crippen LogP contribution in [0.1, 0.15) is 55.1 Å². The van der Waals surface area contributed by atoms with Crippen LogP contribution in [0.3, 0.4) is 0 Å². The van der Waals surface area contributed by atoms with Gasteiger partial charge in [0.1, 0.15) is 5.82 Å². The molecule has 1 aromatic carbocycles. The molecule has 0 spiro atoms. The molecule has 1 aliphatic heterocycles. The lowest BCUT2D eigenvalue weighted by Crippen LogP contribution is -2.41. The summed E-state index contributed by atoms with van der Waals surface area (Å²) in [7, 11) is 0. The van der Waals surface area contributed by atoms with Gasteiger partial charge in [-0.1, -0.05) is 29.8 Å². The third-order valence-electron chi connectivity index (χ3n) is 5.47. The molecule has 3 heterocycles. The molecular weight excluding hydrogens is 338 g/mol. The van der Waals surface area contributed by atoms with E-state index in [2.05, 4.69) is 41.2 Å². The number of H-pyrrole nitrogens is 1. The SMILES string of the molecule is Cc1ccc(-c2cnc(C3CCCCN3C(=O)C(C)c3ccoc3)[nH]2)cc1. The molecule has 4 rings (SSSR count). The Morgan fingerprint density at radius 1 is 1.26 bits per heavy atom. The van der Waals surface area contributed by atoms with Crippen molar-refractivity contribution in [2.24, 2.45) is 0 Å². The molecule has 5 heteroatoms. The highest BCUT2D eigenvalue weighted by atomic mass is 16.3. The van der Waals surface area contributed by atoms with E-state index >= 15 is 0 Å². The van der Waals surface area contributed by atoms with Gasteiger partial charge >= 0.3 is 0 Å². The van der Waals surface area contributed by atoms with Gasteiger partial charge in [-0.25, -0.2) is 4.98 Å². The van der Waals surface area contributed by atoms with Gasteiger partial charge in [-0.2, -0.15) is 0 Å². The summed E-state index contributed by atoms with van der Waals surface area (Å²) in [5, 5.41) is 0. The normalized spacial score (nSPS) is 18.4. The standard InChI is InChI=1S/C22H25N3O2/c1-15-6-8-17(9-7-15)19-13-23-21(24-19)20-5-3-4-11-25(20)22(26)16(2)18-10-12-27-14-18/h6-10,12-14,16,20H,3-5,11H2,1-2H3,(H,23,24). The van der Waals surface area contributed by atoms with Gasteiger partial charge in [0.25, 0.3) is 0 Å². The first kappa shape index (κ1) is 17.6. The number of benzene rings is 1. The molecule has 1 amide bonds. The second kappa shape index (κ2) is 7.43. The number of furan rings is 1. The number of likely N-dealkylation sites (tertiary alicyclic amines) is 1. The lowest BCUT2D eigenvalue weighted by atomic mass is 9.96. The van der Waals surface area contributed by atoms with Gasteiger partial charge in [-0.05, 0) is 44.7 Å². The number of hydrogen-bond acceptors (Lipinski definition) is 3. The van der Waals surface area contributed by atoms with Crippen molar-refractivity contribution in [2.45, 2.75) is 45.1 Å². The number of amides is 1. The summed E-state index contributed by atoms with van der Waals surface area (Å²) in [5.41, 5.74) is 4.26. The molecule has 2 aromatic heterocycles. The molecule has 1 aliphatic rings. The second-order valence-corrected chi connectivity index (χ2v) is 7.37. The number of piperidine rings is 1. The third kappa shape index (κ3) is 3.54. The van der Waals surface area contributed by atoms with Crippen molar-refractivity contribution >= 4 is 5.91 Å². The molecule has 2 atom stereocenters. The number of aromatic amines is 1. The number of aryl methyl sites for hydroxylation is 1. The monoisotopic (exact) mass is 363 g/mol. The van der Waals surface area contributed by atoms with Crippen LogP contribution >= 0.6 is 0 Å². The third-order valence-corrected chi connectivity index (χ3v) is 5.47. The van der Waals surface area contributed by atoms with Crippen molar-refractivity contribution in [3.8, 4) is 11.3 Å². The van der Waals surface area contributed by atoms with Crippen LogP contribution in [0.5, 0.6) is 0 Å². The summed E-state index contributed by atoms with van der Waals surface area (Å²) in [6.45, 7) is 4.79. The molecule has 0 saturated carbocycles. The molecule has 5 nitrogen and oxygen atoms in total. The summed E-state index contributed by atoms with van der Waals surface area (Å²) in [6, 6.07) is 10.2. The minimum Gasteiger partial charge on any atom is -0.472 e. The minimum atomic E-state index is -0.212. The number of rotatable bonds is 4. The van der Waals surface area contributed by atoms with Crippen LogP contribution in [0.15, 0.2) is 53.5 Å². The molecule has 0 bridgehead atoms. The minimum absolute atomic E-state index is 0.000186. The zero-order valence-corrected chi connectivity index (χ0v) is 15.8. The molecule has 0 aliphatic carbocycles. The van der Waals surface area contributed by atoms with Gasteiger partial charge in [0.05, 0.1) is 36.4 Å². The Bertz CT molecular complexity index is 896. The first-order chi connectivity index (χ1) is 13.1. The van der Waals surface area contributed by atoms with Gasteiger partial charge in [0.2, 0.25) is 5.91 Å². The van der Waals surface area contributed by atoms with Crippen molar-refractivity contribution in [3.63, 3.8) is 0 Å². The second-order valence-electron chi connectivity index (χ2n) is 7.37. The van der Waals surface area contributed by atoms with E-state index in [0.29, 0.717) is 0 Å². The van der Waals surface area contributed by atoms with Crippen molar-refractivity contribution in [2.75, 3.05) is 6.54 Å². The molecule has 1 saturated heterocycles. The van der Waals surface area contributed by atoms with Gasteiger partial charge in [0.15, 0.2) is 0 Å². The predicted molar refractivity (Wildman–Crippen MR) is 104 cm³/mol. The molecule has 0 radical (unpaired) electrons. The average molecular weight is 363 g/mol. The maximum absolute atomic E-state index is 13.1. The Morgan fingerprint density at radius 2 is 2.07 bits per heavy atom. The Hall–Kier alpha value is -2.82. The number of hydrogen-bond donors (Lipinski definition) is 1. The Balaban J connectivity index is 1.57. The topological polar surface area (TPSA) is 62.1 Å². The molecule has 3 aromatic rings. The molecule has 1 N–H and O–H groups in total. The molecule has 27 heavy (non-hydrogen) atoms. The van der Waals surface area contributed by atoms with E-state index in [1.54, 1.807) is 12.5 Å². The zero-order valence-electron chi connectivity index (χ0n) is 15.8. The summed E-state index contributed by atoms with van der Waals surface area (Å²) in [5.74, 6) is 0.795. The lowest BCUT2D eigenvalue weighted by molar-refractivity contribution is -0.136. The van der Waals surface area contributed by atoms with E-state index in [1.165, 1.54) is 5.56 Å². The van der Waals surface area contributed by atoms with Crippen LogP contribution in [0, 0.1) is 6.92 Å². The van der Waals surface area contributed by atoms with Crippen LogP contribution in [-0.2, 0) is 4.79 Å². The van der Waals surface area contributed by atoms with Crippen LogP contribution in [0.25, 0.3) is 11.3 Å². The molecule has 1 fully saturated rings. The summed E-state index contributed by atoms with van der Waals surface area (Å²) < 4.78 is 5.16. The Kier molecular flexibility index (Phi) is 4.84. The predicted octanol–water partition coefficient (Wildman–Crippen LogP) is 4.84. The van der Waals surface area contributed by atoms with Crippen LogP contribution < -0.4 is 0 Å². The van der Waals surface area contributed by atoms with Gasteiger partial charge in [-0.15, -0.1) is 0 Å². The van der Waals surface area contributed by atoms with Gasteiger partial charge in [0, 0.05) is 12.1 Å². The number of carbonyl (C=O) groups is 1. The van der Waals surface area contributed by atoms with E-state index in [0.717, 1.165) is 48.5 Å². The number of nitrogens with one attached hydrogen (secondary N) is 1. The summed E-state index contributed by atoms with van der Waals surface area (Å²) >= 11 is 0. The number of carbonyl (C=O) groups excluding carboxylic acids is 1. The fraction of sp³-hybridized carbons (Fsp3) is 0.364. The van der Waals surface area contributed by atoms with Gasteiger partial charge in [-0.3, -0.25) is 4.79 Å². The van der Waals surface area contributed by atoms with Crippen molar-refractivity contribution < 1.29 is 9.21 Å². The van der Waals surface area contributed by atoms with Crippen LogP contribution in [0.4, 0.5) is 0 Å². The quantitative estimate of drug-likeness (QED) is 0.722. The maximum atomic E-state index is 13.1. The first-order valence-corrected chi connectivity index (χ1v) is 9.58. The highest BCUT2D eigenvalue weighted by molar-refractivity contribution is 5.83. The first-order valence-electron chi connectivity index (χ1n) is 9.58. The van der Waals surface area contributed by atoms with E-state index < -0.39 is 0 Å². The Morgan fingerprint density at radius 3 is 2.81 bits per heavy atom. The summed E-state index contributed by atoms with van der Waals surface area (Å²) in [6.07, 6.45) is 8.22. The van der Waals surface area contributed by atoms with Crippen molar-refractivity contribution in [3.05, 3.63) is 66.0 Å². The van der Waals surface area contributed by atoms with Crippen molar-refractivity contribution in [1.82, 2.24) is 14.9 Å². The Labute approximate surface area is 159 Å². The zero-order chi connectivity index (χ0) is 18.8. The lowest BCUT2D eigenvalue weighted by Gasteiger charge is -2.36. The maximum Gasteiger partial charge on any atom is 0.230 e. The number of nitrogens with zero attached hydrogens (tertiary/aromatic N) is 2. The van der Waals surface area contributed by atoms with E-state index in [-0.39, 0.29) is 17.9 Å². The average Bonchev–Trinajstić information content (AvgIpc) is 3.40. The fourth-order valence-corrected chi connectivity index (χ4v) is 3.78. The van der Waals surface area contributed by atoms with E-state index in [1.807, 2.05) is 24.1 Å². The van der Waals surface area contributed by atoms with E-state index in [9.17, 15) is 4.79 Å². The number of aromatic nitrogens is 2. The highest BCUT2D eigenvalue weighted by Gasteiger charge is 2.33. The largest absolute Gasteiger partial charge is 0.472 e. The van der Waals surface area contributed by atoms with E-state index in [4.69, 9.17) is 4.42 Å². The van der Waals surface area contributed by atoms with Crippen LogP contribution in [-0.4, -0.2) is 27.3 Å². The van der Waals surface area contributed by atoms with Crippen LogP contribution in [0.2, 0.25) is 0 Å². The fourth-order valence-electron chi connectivity index (χ4n) is 3.78. The smallest absolute Gasteiger partial charge is 0.230 e. The van der Waals surface area contributed by atoms with Gasteiger partial charge < -0.3 is 14.3 Å². The highest BCUT2D eigenvalue weighted by Crippen LogP contribution is 2.33. The molecule has 140 valence electrons. The summed E-state index contributed by atoms with van der Waals surface area (Å²) in [4.78, 5) is 23.2. The molecular formula is C22H25N3O2. The molecule has 2 unspecified atom stereocenters. The number of imidazole rings is 1. The van der Waals surface area contributed by atoms with Crippen molar-refractivity contribution in [1.29, 1.82) is 0 Å².